The Bertz CT molecular complexity index is 182. The van der Waals surface area contributed by atoms with Gasteiger partial charge in [0.15, 0.2) is 0 Å². The van der Waals surface area contributed by atoms with Crippen LogP contribution in [-0.2, 0) is 0 Å². The first-order chi connectivity index (χ1) is 9.79. The summed E-state index contributed by atoms with van der Waals surface area (Å²) in [6, 6.07) is 0.534. The minimum Gasteiger partial charge on any atom is -0.271 e. The number of hydrogen-bond donors (Lipinski definition) is 2. The molecule has 0 heterocycles. The molecule has 0 fully saturated rings. The molecule has 3 N–H and O–H groups in total. The number of nitrogens with two attached hydrogens (primary N) is 1. The van der Waals surface area contributed by atoms with E-state index in [1.807, 2.05) is 0 Å². The van der Waals surface area contributed by atoms with Crippen molar-refractivity contribution in [1.29, 1.82) is 0 Å². The Morgan fingerprint density at radius 2 is 1.25 bits per heavy atom. The molecule has 0 rings (SSSR count). The molecular weight excluding hydrogens is 244 g/mol. The van der Waals surface area contributed by atoms with Crippen molar-refractivity contribution < 1.29 is 0 Å². The van der Waals surface area contributed by atoms with Crippen LogP contribution in [-0.4, -0.2) is 6.04 Å². The molecule has 0 radical (unpaired) electrons. The Morgan fingerprint density at radius 1 is 0.700 bits per heavy atom. The molecule has 0 saturated carbocycles. The van der Waals surface area contributed by atoms with Gasteiger partial charge in [-0.2, -0.15) is 0 Å². The van der Waals surface area contributed by atoms with Crippen molar-refractivity contribution in [2.75, 3.05) is 0 Å². The van der Waals surface area contributed by atoms with E-state index in [1.54, 1.807) is 0 Å². The second-order valence-electron chi connectivity index (χ2n) is 6.35. The van der Waals surface area contributed by atoms with E-state index in [0.717, 1.165) is 5.92 Å². The van der Waals surface area contributed by atoms with Crippen molar-refractivity contribution in [3.63, 3.8) is 0 Å². The summed E-state index contributed by atoms with van der Waals surface area (Å²) >= 11 is 0. The highest BCUT2D eigenvalue weighted by Gasteiger charge is 2.17. The summed E-state index contributed by atoms with van der Waals surface area (Å²) in [5, 5.41) is 0. The van der Waals surface area contributed by atoms with Gasteiger partial charge in [-0.3, -0.25) is 11.3 Å². The van der Waals surface area contributed by atoms with Gasteiger partial charge in [0.25, 0.3) is 0 Å². The van der Waals surface area contributed by atoms with Gasteiger partial charge in [0.2, 0.25) is 0 Å². The van der Waals surface area contributed by atoms with Gasteiger partial charge in [0, 0.05) is 6.04 Å². The summed E-state index contributed by atoms with van der Waals surface area (Å²) in [5.41, 5.74) is 3.08. The van der Waals surface area contributed by atoms with Crippen LogP contribution < -0.4 is 11.3 Å². The van der Waals surface area contributed by atoms with Crippen molar-refractivity contribution >= 4 is 0 Å². The minimum atomic E-state index is 0.534. The highest BCUT2D eigenvalue weighted by Crippen LogP contribution is 2.21. The summed E-state index contributed by atoms with van der Waals surface area (Å²) in [5.74, 6) is 6.53. The highest BCUT2D eigenvalue weighted by atomic mass is 15.2. The highest BCUT2D eigenvalue weighted by molar-refractivity contribution is 4.73. The second kappa shape index (κ2) is 15.3. The van der Waals surface area contributed by atoms with Crippen molar-refractivity contribution in [2.24, 2.45) is 11.8 Å². The third kappa shape index (κ3) is 10.7. The lowest BCUT2D eigenvalue weighted by Gasteiger charge is -2.25. The SMILES string of the molecule is CCCCCCCCCCC(NN)C(CC)CCCC. The lowest BCUT2D eigenvalue weighted by atomic mass is 9.88. The number of rotatable bonds is 15. The molecule has 0 aliphatic rings. The first-order valence-corrected chi connectivity index (χ1v) is 9.26. The minimum absolute atomic E-state index is 0.534. The molecule has 0 aliphatic carbocycles. The molecule has 2 unspecified atom stereocenters. The molecule has 0 bridgehead atoms. The van der Waals surface area contributed by atoms with Crippen molar-refractivity contribution in [2.45, 2.75) is 110 Å². The zero-order valence-electron chi connectivity index (χ0n) is 14.4. The lowest BCUT2D eigenvalue weighted by molar-refractivity contribution is 0.298. The lowest BCUT2D eigenvalue weighted by Crippen LogP contribution is -2.40. The van der Waals surface area contributed by atoms with E-state index >= 15 is 0 Å². The zero-order chi connectivity index (χ0) is 15.1. The van der Waals surface area contributed by atoms with Crippen LogP contribution in [0.2, 0.25) is 0 Å². The summed E-state index contributed by atoms with van der Waals surface area (Å²) < 4.78 is 0. The van der Waals surface area contributed by atoms with E-state index in [2.05, 4.69) is 26.2 Å². The Morgan fingerprint density at radius 3 is 1.75 bits per heavy atom. The van der Waals surface area contributed by atoms with Gasteiger partial charge in [0.05, 0.1) is 0 Å². The monoisotopic (exact) mass is 284 g/mol. The van der Waals surface area contributed by atoms with Crippen LogP contribution in [0.3, 0.4) is 0 Å². The topological polar surface area (TPSA) is 38.0 Å². The van der Waals surface area contributed by atoms with Gasteiger partial charge in [-0.25, -0.2) is 0 Å². The van der Waals surface area contributed by atoms with E-state index in [1.165, 1.54) is 83.5 Å². The largest absolute Gasteiger partial charge is 0.271 e. The summed E-state index contributed by atoms with van der Waals surface area (Å²) in [6.07, 6.45) is 17.7. The van der Waals surface area contributed by atoms with Crippen LogP contribution in [0.4, 0.5) is 0 Å². The molecule has 0 spiro atoms. The van der Waals surface area contributed by atoms with E-state index in [-0.39, 0.29) is 0 Å². The summed E-state index contributed by atoms with van der Waals surface area (Å²) in [4.78, 5) is 0. The third-order valence-corrected chi connectivity index (χ3v) is 4.60. The van der Waals surface area contributed by atoms with Gasteiger partial charge >= 0.3 is 0 Å². The van der Waals surface area contributed by atoms with Crippen molar-refractivity contribution in [3.8, 4) is 0 Å². The zero-order valence-corrected chi connectivity index (χ0v) is 14.4. The second-order valence-corrected chi connectivity index (χ2v) is 6.35. The van der Waals surface area contributed by atoms with Crippen LogP contribution in [0.25, 0.3) is 0 Å². The summed E-state index contributed by atoms with van der Waals surface area (Å²) in [7, 11) is 0. The average molecular weight is 285 g/mol. The van der Waals surface area contributed by atoms with Crippen molar-refractivity contribution in [3.05, 3.63) is 0 Å². The Labute approximate surface area is 128 Å². The predicted octanol–water partition coefficient (Wildman–Crippen LogP) is 5.57. The molecule has 0 aromatic carbocycles. The quantitative estimate of drug-likeness (QED) is 0.234. The summed E-state index contributed by atoms with van der Waals surface area (Å²) in [6.45, 7) is 6.86. The van der Waals surface area contributed by atoms with E-state index in [4.69, 9.17) is 5.84 Å². The van der Waals surface area contributed by atoms with Crippen molar-refractivity contribution in [1.82, 2.24) is 5.43 Å². The van der Waals surface area contributed by atoms with E-state index in [9.17, 15) is 0 Å². The standard InChI is InChI=1S/C18H40N2/c1-4-7-9-10-11-12-13-14-16-18(20-19)17(6-3)15-8-5-2/h17-18,20H,4-16,19H2,1-3H3. The molecule has 0 aromatic rings. The first-order valence-electron chi connectivity index (χ1n) is 9.26. The van der Waals surface area contributed by atoms with Gasteiger partial charge < -0.3 is 0 Å². The van der Waals surface area contributed by atoms with Crippen LogP contribution >= 0.6 is 0 Å². The molecule has 20 heavy (non-hydrogen) atoms. The predicted molar refractivity (Wildman–Crippen MR) is 91.6 cm³/mol. The van der Waals surface area contributed by atoms with Gasteiger partial charge in [0.1, 0.15) is 0 Å². The normalized spacial score (nSPS) is 14.4. The Balaban J connectivity index is 3.61. The molecule has 2 atom stereocenters. The molecule has 2 nitrogen and oxygen atoms in total. The van der Waals surface area contributed by atoms with Crippen LogP contribution in [0.5, 0.6) is 0 Å². The maximum atomic E-state index is 5.77. The molecule has 2 heteroatoms. The Hall–Kier alpha value is -0.0800. The maximum Gasteiger partial charge on any atom is 0.0238 e. The van der Waals surface area contributed by atoms with Crippen LogP contribution in [0, 0.1) is 5.92 Å². The number of unbranched alkanes of at least 4 members (excludes halogenated alkanes) is 8. The smallest absolute Gasteiger partial charge is 0.0238 e. The van der Waals surface area contributed by atoms with Gasteiger partial charge in [-0.1, -0.05) is 91.4 Å². The number of nitrogens with one attached hydrogen (secondary N) is 1. The number of hydrazine groups is 1. The molecule has 0 amide bonds. The molecule has 0 saturated heterocycles. The third-order valence-electron chi connectivity index (χ3n) is 4.60. The fourth-order valence-electron chi connectivity index (χ4n) is 3.11. The molecule has 0 aromatic heterocycles. The fraction of sp³-hybridized carbons (Fsp3) is 1.00. The van der Waals surface area contributed by atoms with Crippen LogP contribution in [0.1, 0.15) is 104 Å². The fourth-order valence-corrected chi connectivity index (χ4v) is 3.11. The first kappa shape index (κ1) is 19.9. The average Bonchev–Trinajstić information content (AvgIpc) is 2.48. The number of hydrogen-bond acceptors (Lipinski definition) is 2. The molecule has 0 aliphatic heterocycles. The van der Waals surface area contributed by atoms with Crippen LogP contribution in [0.15, 0.2) is 0 Å². The van der Waals surface area contributed by atoms with E-state index in [0.29, 0.717) is 6.04 Å². The molecular formula is C18H40N2. The van der Waals surface area contributed by atoms with Gasteiger partial charge in [-0.15, -0.1) is 0 Å². The Kier molecular flexibility index (Phi) is 15.3. The maximum absolute atomic E-state index is 5.77. The van der Waals surface area contributed by atoms with Gasteiger partial charge in [-0.05, 0) is 18.8 Å². The molecule has 122 valence electrons. The van der Waals surface area contributed by atoms with E-state index < -0.39 is 0 Å².